The van der Waals surface area contributed by atoms with E-state index in [1.165, 1.54) is 22.2 Å². The Morgan fingerprint density at radius 3 is 2.76 bits per heavy atom. The van der Waals surface area contributed by atoms with Crippen LogP contribution in [-0.4, -0.2) is 33.1 Å². The Bertz CT molecular complexity index is 1120. The van der Waals surface area contributed by atoms with Gasteiger partial charge in [0, 0.05) is 41.6 Å². The average Bonchev–Trinajstić information content (AvgIpc) is 3.34. The molecule has 1 aliphatic heterocycles. The highest BCUT2D eigenvalue weighted by atomic mass is 16.5. The van der Waals surface area contributed by atoms with Crippen molar-refractivity contribution in [3.05, 3.63) is 71.5 Å². The molecule has 3 aromatic heterocycles. The molecule has 0 atom stereocenters. The van der Waals surface area contributed by atoms with Crippen LogP contribution in [-0.2, 0) is 6.54 Å². The molecule has 0 aliphatic carbocycles. The number of fused-ring (bicyclic) bond motifs is 1. The van der Waals surface area contributed by atoms with Crippen molar-refractivity contribution < 1.29 is 4.52 Å². The molecule has 5 nitrogen and oxygen atoms in total. The van der Waals surface area contributed by atoms with Crippen LogP contribution in [0.3, 0.4) is 0 Å². The molecule has 1 fully saturated rings. The molecule has 0 bridgehead atoms. The highest BCUT2D eigenvalue weighted by molar-refractivity contribution is 5.79. The molecule has 29 heavy (non-hydrogen) atoms. The van der Waals surface area contributed by atoms with Gasteiger partial charge in [-0.3, -0.25) is 9.88 Å². The van der Waals surface area contributed by atoms with Gasteiger partial charge in [-0.15, -0.1) is 0 Å². The Morgan fingerprint density at radius 1 is 1.10 bits per heavy atom. The molecule has 1 aromatic carbocycles. The zero-order chi connectivity index (χ0) is 19.8. The quantitative estimate of drug-likeness (QED) is 0.523. The summed E-state index contributed by atoms with van der Waals surface area (Å²) in [5.41, 5.74) is 6.98. The summed E-state index contributed by atoms with van der Waals surface area (Å²) in [5.74, 6) is 1.38. The van der Waals surface area contributed by atoms with Crippen molar-refractivity contribution in [3.8, 4) is 11.1 Å². The van der Waals surface area contributed by atoms with Gasteiger partial charge in [-0.05, 0) is 80.6 Å². The lowest BCUT2D eigenvalue weighted by atomic mass is 9.91. The number of benzene rings is 1. The van der Waals surface area contributed by atoms with Gasteiger partial charge in [-0.2, -0.15) is 0 Å². The number of nitrogens with one attached hydrogen (secondary N) is 1. The number of aromatic amines is 1. The number of piperidine rings is 1. The van der Waals surface area contributed by atoms with Crippen molar-refractivity contribution in [1.29, 1.82) is 0 Å². The van der Waals surface area contributed by atoms with Crippen LogP contribution < -0.4 is 0 Å². The van der Waals surface area contributed by atoms with Crippen LogP contribution in [0.25, 0.3) is 22.0 Å². The second kappa shape index (κ2) is 7.48. The normalized spacial score (nSPS) is 15.9. The third kappa shape index (κ3) is 3.58. The molecule has 0 amide bonds. The lowest BCUT2D eigenvalue weighted by molar-refractivity contribution is 0.203. The van der Waals surface area contributed by atoms with E-state index in [-0.39, 0.29) is 0 Å². The third-order valence-corrected chi connectivity index (χ3v) is 6.13. The number of H-pyrrole nitrogens is 1. The van der Waals surface area contributed by atoms with Crippen molar-refractivity contribution in [1.82, 2.24) is 20.0 Å². The van der Waals surface area contributed by atoms with Gasteiger partial charge in [-0.25, -0.2) is 0 Å². The molecule has 5 rings (SSSR count). The molecule has 4 aromatic rings. The Hall–Kier alpha value is -2.92. The maximum Gasteiger partial charge on any atom is 0.141 e. The predicted octanol–water partition coefficient (Wildman–Crippen LogP) is 5.21. The summed E-state index contributed by atoms with van der Waals surface area (Å²) in [6.07, 6.45) is 6.21. The number of aryl methyl sites for hydroxylation is 2. The summed E-state index contributed by atoms with van der Waals surface area (Å²) in [7, 11) is 0. The maximum atomic E-state index is 5.35. The lowest BCUT2D eigenvalue weighted by Crippen LogP contribution is -2.32. The highest BCUT2D eigenvalue weighted by Crippen LogP contribution is 2.32. The van der Waals surface area contributed by atoms with E-state index in [2.05, 4.69) is 51.4 Å². The van der Waals surface area contributed by atoms with Crippen molar-refractivity contribution in [2.24, 2.45) is 0 Å². The van der Waals surface area contributed by atoms with Crippen LogP contribution in [0, 0.1) is 13.8 Å². The van der Waals surface area contributed by atoms with E-state index in [1.54, 1.807) is 0 Å². The van der Waals surface area contributed by atoms with Crippen LogP contribution in [0.1, 0.15) is 41.5 Å². The zero-order valence-electron chi connectivity index (χ0n) is 17.0. The fourth-order valence-corrected chi connectivity index (χ4v) is 4.56. The molecule has 0 spiro atoms. The first-order valence-electron chi connectivity index (χ1n) is 10.3. The first kappa shape index (κ1) is 18.1. The summed E-state index contributed by atoms with van der Waals surface area (Å²) < 4.78 is 5.35. The fraction of sp³-hybridized carbons (Fsp3) is 0.333. The molecular formula is C24H26N4O. The molecule has 0 saturated carbocycles. The van der Waals surface area contributed by atoms with E-state index >= 15 is 0 Å². The minimum atomic E-state index is 0.512. The topological polar surface area (TPSA) is 58.0 Å². The first-order valence-corrected chi connectivity index (χ1v) is 10.3. The van der Waals surface area contributed by atoms with E-state index in [1.807, 2.05) is 26.2 Å². The van der Waals surface area contributed by atoms with Crippen LogP contribution in [0.2, 0.25) is 0 Å². The van der Waals surface area contributed by atoms with Crippen molar-refractivity contribution >= 4 is 10.9 Å². The fourth-order valence-electron chi connectivity index (χ4n) is 4.56. The average molecular weight is 386 g/mol. The number of hydrogen-bond acceptors (Lipinski definition) is 4. The number of pyridine rings is 1. The summed E-state index contributed by atoms with van der Waals surface area (Å²) in [4.78, 5) is 10.6. The standard InChI is InChI=1S/C24H26N4O/c1-16-24(17(2)29-27-16)21-6-10-26-23(14-21)20-7-11-28(12-8-20)15-18-3-4-19-5-9-25-22(19)13-18/h3-6,9-10,13-14,20,25H,7-8,11-12,15H2,1-2H3. The summed E-state index contributed by atoms with van der Waals surface area (Å²) >= 11 is 0. The van der Waals surface area contributed by atoms with E-state index in [4.69, 9.17) is 9.51 Å². The van der Waals surface area contributed by atoms with Crippen molar-refractivity contribution in [2.75, 3.05) is 13.1 Å². The molecule has 4 heterocycles. The van der Waals surface area contributed by atoms with Gasteiger partial charge < -0.3 is 9.51 Å². The molecule has 5 heteroatoms. The number of likely N-dealkylation sites (tertiary alicyclic amines) is 1. The summed E-state index contributed by atoms with van der Waals surface area (Å²) in [6.45, 7) is 7.18. The van der Waals surface area contributed by atoms with Crippen LogP contribution in [0.15, 0.2) is 53.3 Å². The minimum absolute atomic E-state index is 0.512. The predicted molar refractivity (Wildman–Crippen MR) is 115 cm³/mol. The smallest absolute Gasteiger partial charge is 0.141 e. The van der Waals surface area contributed by atoms with E-state index < -0.39 is 0 Å². The van der Waals surface area contributed by atoms with Crippen molar-refractivity contribution in [3.63, 3.8) is 0 Å². The van der Waals surface area contributed by atoms with Crippen LogP contribution >= 0.6 is 0 Å². The van der Waals surface area contributed by atoms with Gasteiger partial charge in [0.25, 0.3) is 0 Å². The number of nitrogens with zero attached hydrogens (tertiary/aromatic N) is 3. The van der Waals surface area contributed by atoms with E-state index in [0.29, 0.717) is 5.92 Å². The third-order valence-electron chi connectivity index (χ3n) is 6.13. The number of rotatable bonds is 4. The van der Waals surface area contributed by atoms with Gasteiger partial charge in [0.2, 0.25) is 0 Å². The summed E-state index contributed by atoms with van der Waals surface area (Å²) in [5, 5.41) is 5.37. The number of aromatic nitrogens is 3. The maximum absolute atomic E-state index is 5.35. The van der Waals surface area contributed by atoms with Gasteiger partial charge in [-0.1, -0.05) is 17.3 Å². The monoisotopic (exact) mass is 386 g/mol. The Kier molecular flexibility index (Phi) is 4.68. The summed E-state index contributed by atoms with van der Waals surface area (Å²) in [6, 6.07) is 13.1. The van der Waals surface area contributed by atoms with Gasteiger partial charge in [0.15, 0.2) is 0 Å². The first-order chi connectivity index (χ1) is 14.2. The molecule has 1 N–H and O–H groups in total. The molecule has 1 aliphatic rings. The molecular weight excluding hydrogens is 360 g/mol. The second-order valence-electron chi connectivity index (χ2n) is 8.12. The second-order valence-corrected chi connectivity index (χ2v) is 8.12. The zero-order valence-corrected chi connectivity index (χ0v) is 17.0. The van der Waals surface area contributed by atoms with Gasteiger partial charge in [0.1, 0.15) is 5.76 Å². The molecule has 0 radical (unpaired) electrons. The van der Waals surface area contributed by atoms with E-state index in [9.17, 15) is 0 Å². The minimum Gasteiger partial charge on any atom is -0.361 e. The van der Waals surface area contributed by atoms with Gasteiger partial charge >= 0.3 is 0 Å². The van der Waals surface area contributed by atoms with Crippen LogP contribution in [0.4, 0.5) is 0 Å². The Labute approximate surface area is 170 Å². The van der Waals surface area contributed by atoms with E-state index in [0.717, 1.165) is 55.1 Å². The van der Waals surface area contributed by atoms with Gasteiger partial charge in [0.05, 0.1) is 5.69 Å². The lowest BCUT2D eigenvalue weighted by Gasteiger charge is -2.31. The Morgan fingerprint density at radius 2 is 1.97 bits per heavy atom. The van der Waals surface area contributed by atoms with Crippen LogP contribution in [0.5, 0.6) is 0 Å². The molecule has 148 valence electrons. The largest absolute Gasteiger partial charge is 0.361 e. The SMILES string of the molecule is Cc1noc(C)c1-c1ccnc(C2CCN(Cc3ccc4cc[nH]c4c3)CC2)c1. The highest BCUT2D eigenvalue weighted by Gasteiger charge is 2.23. The number of hydrogen-bond donors (Lipinski definition) is 1. The Balaban J connectivity index is 1.26. The molecule has 1 saturated heterocycles. The molecule has 0 unspecified atom stereocenters. The van der Waals surface area contributed by atoms with Crippen molar-refractivity contribution in [2.45, 2.75) is 39.2 Å².